The van der Waals surface area contributed by atoms with Gasteiger partial charge in [0.2, 0.25) is 5.91 Å². The van der Waals surface area contributed by atoms with E-state index in [4.69, 9.17) is 14.2 Å². The maximum absolute atomic E-state index is 13.5. The van der Waals surface area contributed by atoms with E-state index in [-0.39, 0.29) is 30.1 Å². The number of ether oxygens (including phenoxy) is 3. The van der Waals surface area contributed by atoms with Crippen molar-refractivity contribution in [2.24, 2.45) is 0 Å². The molecule has 33 heavy (non-hydrogen) atoms. The van der Waals surface area contributed by atoms with Crippen LogP contribution in [0.3, 0.4) is 0 Å². The highest BCUT2D eigenvalue weighted by Crippen LogP contribution is 2.29. The van der Waals surface area contributed by atoms with Gasteiger partial charge in [-0.05, 0) is 51.3 Å². The Balaban J connectivity index is 1.86. The van der Waals surface area contributed by atoms with Gasteiger partial charge in [-0.3, -0.25) is 9.69 Å². The molecule has 0 aliphatic carbocycles. The molecule has 0 unspecified atom stereocenters. The molecule has 2 heterocycles. The molecule has 0 N–H and O–H groups in total. The Kier molecular flexibility index (Phi) is 8.23. The molecule has 0 aromatic heterocycles. The summed E-state index contributed by atoms with van der Waals surface area (Å²) in [5, 5.41) is 0. The van der Waals surface area contributed by atoms with Gasteiger partial charge < -0.3 is 24.0 Å². The minimum atomic E-state index is -0.547. The number of nitrogens with zero attached hydrogens (tertiary/aromatic N) is 3. The zero-order chi connectivity index (χ0) is 24.2. The second-order valence-electron chi connectivity index (χ2n) is 9.89. The summed E-state index contributed by atoms with van der Waals surface area (Å²) in [6, 6.07) is 7.65. The first kappa shape index (κ1) is 25.3. The van der Waals surface area contributed by atoms with Crippen molar-refractivity contribution in [2.75, 3.05) is 47.0 Å². The SMILES string of the molecule is CC[C@H]1CN2[C@@H](CN(CCOC)C(=O)[C@@H]2Cc2cccc(OC)c2)CN1C(=O)OC(C)(C)C. The fraction of sp³-hybridized carbons (Fsp3) is 0.680. The highest BCUT2D eigenvalue weighted by atomic mass is 16.6. The smallest absolute Gasteiger partial charge is 0.410 e. The molecule has 0 radical (unpaired) electrons. The molecule has 8 heteroatoms. The number of piperazine rings is 2. The van der Waals surface area contributed by atoms with Crippen molar-refractivity contribution >= 4 is 12.0 Å². The molecule has 2 aliphatic rings. The van der Waals surface area contributed by atoms with Crippen molar-refractivity contribution in [1.29, 1.82) is 0 Å². The first-order valence-electron chi connectivity index (χ1n) is 11.8. The summed E-state index contributed by atoms with van der Waals surface area (Å²) >= 11 is 0. The van der Waals surface area contributed by atoms with E-state index < -0.39 is 5.60 Å². The van der Waals surface area contributed by atoms with Gasteiger partial charge in [-0.1, -0.05) is 19.1 Å². The van der Waals surface area contributed by atoms with Gasteiger partial charge in [-0.25, -0.2) is 4.79 Å². The van der Waals surface area contributed by atoms with Crippen molar-refractivity contribution in [1.82, 2.24) is 14.7 Å². The number of fused-ring (bicyclic) bond motifs is 1. The lowest BCUT2D eigenvalue weighted by molar-refractivity contribution is -0.150. The molecule has 8 nitrogen and oxygen atoms in total. The van der Waals surface area contributed by atoms with Gasteiger partial charge in [0.05, 0.1) is 19.8 Å². The molecule has 0 spiro atoms. The number of benzene rings is 1. The average Bonchev–Trinajstić information content (AvgIpc) is 2.78. The quantitative estimate of drug-likeness (QED) is 0.622. The van der Waals surface area contributed by atoms with Crippen LogP contribution in [-0.4, -0.2) is 97.4 Å². The summed E-state index contributed by atoms with van der Waals surface area (Å²) in [6.45, 7) is 10.5. The van der Waals surface area contributed by atoms with Crippen LogP contribution in [0.25, 0.3) is 0 Å². The number of methoxy groups -OCH3 is 2. The highest BCUT2D eigenvalue weighted by molar-refractivity contribution is 5.83. The van der Waals surface area contributed by atoms with Gasteiger partial charge in [0.15, 0.2) is 0 Å². The number of carbonyl (C=O) groups is 2. The van der Waals surface area contributed by atoms with Crippen LogP contribution in [-0.2, 0) is 20.7 Å². The second-order valence-corrected chi connectivity index (χ2v) is 9.89. The topological polar surface area (TPSA) is 71.6 Å². The van der Waals surface area contributed by atoms with Crippen molar-refractivity contribution in [3.05, 3.63) is 29.8 Å². The Bertz CT molecular complexity index is 825. The third-order valence-electron chi connectivity index (χ3n) is 6.39. The van der Waals surface area contributed by atoms with Crippen LogP contribution in [0.2, 0.25) is 0 Å². The van der Waals surface area contributed by atoms with Gasteiger partial charge in [-0.2, -0.15) is 0 Å². The summed E-state index contributed by atoms with van der Waals surface area (Å²) in [4.78, 5) is 32.6. The summed E-state index contributed by atoms with van der Waals surface area (Å²) in [5.41, 5.74) is 0.511. The fourth-order valence-electron chi connectivity index (χ4n) is 4.74. The largest absolute Gasteiger partial charge is 0.497 e. The van der Waals surface area contributed by atoms with E-state index in [1.54, 1.807) is 14.2 Å². The van der Waals surface area contributed by atoms with E-state index in [9.17, 15) is 9.59 Å². The Morgan fingerprint density at radius 3 is 2.55 bits per heavy atom. The molecular weight excluding hydrogens is 422 g/mol. The van der Waals surface area contributed by atoms with Gasteiger partial charge in [0, 0.05) is 45.4 Å². The lowest BCUT2D eigenvalue weighted by atomic mass is 9.93. The van der Waals surface area contributed by atoms with Crippen LogP contribution < -0.4 is 4.74 Å². The van der Waals surface area contributed by atoms with Gasteiger partial charge >= 0.3 is 6.09 Å². The standard InChI is InChI=1S/C25H39N3O5/c1-7-19-16-27-20(17-28(19)24(30)33-25(2,3)4)15-26(11-12-31-5)23(29)22(27)14-18-9-8-10-21(13-18)32-6/h8-10,13,19-20,22H,7,11-12,14-17H2,1-6H3/t19-,20-,22-/m0/s1. The van der Waals surface area contributed by atoms with E-state index in [0.29, 0.717) is 39.2 Å². The maximum atomic E-state index is 13.5. The molecule has 3 atom stereocenters. The zero-order valence-corrected chi connectivity index (χ0v) is 20.9. The lowest BCUT2D eigenvalue weighted by Gasteiger charge is -2.53. The molecule has 0 saturated carbocycles. The number of amides is 2. The average molecular weight is 462 g/mol. The predicted molar refractivity (Wildman–Crippen MR) is 126 cm³/mol. The molecule has 1 aromatic carbocycles. The summed E-state index contributed by atoms with van der Waals surface area (Å²) in [5.74, 6) is 0.899. The predicted octanol–water partition coefficient (Wildman–Crippen LogP) is 2.79. The van der Waals surface area contributed by atoms with Gasteiger partial charge in [0.25, 0.3) is 0 Å². The Morgan fingerprint density at radius 1 is 1.15 bits per heavy atom. The highest BCUT2D eigenvalue weighted by Gasteiger charge is 2.46. The molecule has 2 aliphatic heterocycles. The molecule has 3 rings (SSSR count). The molecule has 2 fully saturated rings. The molecule has 2 amide bonds. The monoisotopic (exact) mass is 461 g/mol. The number of hydrogen-bond donors (Lipinski definition) is 0. The van der Waals surface area contributed by atoms with Crippen LogP contribution in [0.15, 0.2) is 24.3 Å². The number of carbonyl (C=O) groups excluding carboxylic acids is 2. The van der Waals surface area contributed by atoms with Crippen molar-refractivity contribution < 1.29 is 23.8 Å². The van der Waals surface area contributed by atoms with Crippen molar-refractivity contribution in [3.8, 4) is 5.75 Å². The summed E-state index contributed by atoms with van der Waals surface area (Å²) in [7, 11) is 3.29. The Morgan fingerprint density at radius 2 is 1.91 bits per heavy atom. The van der Waals surface area contributed by atoms with Crippen LogP contribution in [0.1, 0.15) is 39.7 Å². The van der Waals surface area contributed by atoms with Crippen LogP contribution >= 0.6 is 0 Å². The number of hydrogen-bond acceptors (Lipinski definition) is 6. The zero-order valence-electron chi connectivity index (χ0n) is 20.9. The summed E-state index contributed by atoms with van der Waals surface area (Å²) < 4.78 is 16.3. The minimum absolute atomic E-state index is 0.00207. The molecular formula is C25H39N3O5. The van der Waals surface area contributed by atoms with Crippen LogP contribution in [0.5, 0.6) is 5.75 Å². The first-order chi connectivity index (χ1) is 15.7. The number of rotatable bonds is 7. The normalized spacial score (nSPS) is 23.9. The lowest BCUT2D eigenvalue weighted by Crippen LogP contribution is -2.71. The molecule has 2 saturated heterocycles. The molecule has 1 aromatic rings. The van der Waals surface area contributed by atoms with E-state index in [1.165, 1.54) is 0 Å². The fourth-order valence-corrected chi connectivity index (χ4v) is 4.74. The second kappa shape index (κ2) is 10.7. The van der Waals surface area contributed by atoms with E-state index >= 15 is 0 Å². The molecule has 184 valence electrons. The summed E-state index contributed by atoms with van der Waals surface area (Å²) in [6.07, 6.45) is 1.12. The van der Waals surface area contributed by atoms with Crippen LogP contribution in [0, 0.1) is 0 Å². The molecule has 0 bridgehead atoms. The Hall–Kier alpha value is -2.32. The first-order valence-corrected chi connectivity index (χ1v) is 11.8. The Labute approximate surface area is 197 Å². The van der Waals surface area contributed by atoms with E-state index in [2.05, 4.69) is 11.8 Å². The van der Waals surface area contributed by atoms with Gasteiger partial charge in [-0.15, -0.1) is 0 Å². The van der Waals surface area contributed by atoms with Crippen molar-refractivity contribution in [2.45, 2.75) is 64.3 Å². The van der Waals surface area contributed by atoms with Crippen molar-refractivity contribution in [3.63, 3.8) is 0 Å². The van der Waals surface area contributed by atoms with Gasteiger partial charge in [0.1, 0.15) is 11.4 Å². The van der Waals surface area contributed by atoms with E-state index in [1.807, 2.05) is 54.8 Å². The maximum Gasteiger partial charge on any atom is 0.410 e. The third-order valence-corrected chi connectivity index (χ3v) is 6.39. The van der Waals surface area contributed by atoms with Crippen LogP contribution in [0.4, 0.5) is 4.79 Å². The third kappa shape index (κ3) is 6.18. The minimum Gasteiger partial charge on any atom is -0.497 e. The van der Waals surface area contributed by atoms with E-state index in [0.717, 1.165) is 17.7 Å².